The van der Waals surface area contributed by atoms with Crippen LogP contribution in [0, 0.1) is 29.6 Å². The molecule has 184 valence electrons. The first-order valence-electron chi connectivity index (χ1n) is 11.3. The van der Waals surface area contributed by atoms with Gasteiger partial charge in [0.2, 0.25) is 11.8 Å². The molecule has 0 bridgehead atoms. The van der Waals surface area contributed by atoms with Gasteiger partial charge >= 0.3 is 6.09 Å². The van der Waals surface area contributed by atoms with Crippen LogP contribution in [-0.2, 0) is 14.3 Å². The summed E-state index contributed by atoms with van der Waals surface area (Å²) in [7, 11) is 0. The van der Waals surface area contributed by atoms with E-state index in [1.54, 1.807) is 58.9 Å². The molecule has 0 heterocycles. The molecule has 34 heavy (non-hydrogen) atoms. The minimum atomic E-state index is -1.16. The van der Waals surface area contributed by atoms with Gasteiger partial charge in [-0.3, -0.25) is 9.59 Å². The molecule has 2 unspecified atom stereocenters. The van der Waals surface area contributed by atoms with Crippen LogP contribution in [0.2, 0.25) is 0 Å². The topological polar surface area (TPSA) is 112 Å². The maximum Gasteiger partial charge on any atom is 0.408 e. The minimum absolute atomic E-state index is 0.0359. The molecule has 3 amide bonds. The van der Waals surface area contributed by atoms with E-state index < -0.39 is 35.6 Å². The Morgan fingerprint density at radius 2 is 1.74 bits per heavy atom. The Hall–Kier alpha value is -3.52. The van der Waals surface area contributed by atoms with Gasteiger partial charge in [-0.15, -0.1) is 6.42 Å². The lowest BCUT2D eigenvalue weighted by Crippen LogP contribution is -2.54. The second-order valence-electron chi connectivity index (χ2n) is 9.75. The number of hydrogen-bond donors (Lipinski definition) is 2. The molecule has 0 fully saturated rings. The van der Waals surface area contributed by atoms with Crippen molar-refractivity contribution >= 4 is 17.9 Å². The quantitative estimate of drug-likeness (QED) is 0.425. The molecule has 2 N–H and O–H groups in total. The van der Waals surface area contributed by atoms with E-state index in [9.17, 15) is 19.6 Å². The van der Waals surface area contributed by atoms with Crippen molar-refractivity contribution in [2.24, 2.45) is 5.92 Å². The van der Waals surface area contributed by atoms with E-state index in [2.05, 4.69) is 16.6 Å². The number of ether oxygens (including phenoxy) is 1. The molecule has 1 aromatic carbocycles. The highest BCUT2D eigenvalue weighted by Gasteiger charge is 2.37. The summed E-state index contributed by atoms with van der Waals surface area (Å²) in [4.78, 5) is 40.7. The molecule has 0 saturated carbocycles. The fourth-order valence-electron chi connectivity index (χ4n) is 3.40. The van der Waals surface area contributed by atoms with Crippen molar-refractivity contribution in [3.63, 3.8) is 0 Å². The van der Waals surface area contributed by atoms with Crippen molar-refractivity contribution in [3.05, 3.63) is 35.4 Å². The number of amides is 3. The molecule has 0 aliphatic rings. The average Bonchev–Trinajstić information content (AvgIpc) is 2.70. The Morgan fingerprint density at radius 3 is 2.24 bits per heavy atom. The van der Waals surface area contributed by atoms with Crippen LogP contribution in [0.1, 0.15) is 72.1 Å². The first-order valence-corrected chi connectivity index (χ1v) is 11.3. The number of nitrogens with zero attached hydrogens (tertiary/aromatic N) is 2. The van der Waals surface area contributed by atoms with Gasteiger partial charge in [-0.05, 0) is 58.6 Å². The van der Waals surface area contributed by atoms with Crippen molar-refractivity contribution in [2.75, 3.05) is 6.54 Å². The number of hydrogen-bond acceptors (Lipinski definition) is 5. The van der Waals surface area contributed by atoms with E-state index in [-0.39, 0.29) is 24.9 Å². The lowest BCUT2D eigenvalue weighted by Gasteiger charge is -2.34. The number of rotatable bonds is 9. The number of nitrogens with one attached hydrogen (secondary N) is 2. The molecule has 0 aromatic heterocycles. The summed E-state index contributed by atoms with van der Waals surface area (Å²) in [6.45, 7) is 12.2. The Labute approximate surface area is 203 Å². The van der Waals surface area contributed by atoms with Gasteiger partial charge < -0.3 is 20.3 Å². The van der Waals surface area contributed by atoms with Crippen molar-refractivity contribution in [1.82, 2.24) is 15.5 Å². The van der Waals surface area contributed by atoms with Gasteiger partial charge in [0, 0.05) is 11.6 Å². The van der Waals surface area contributed by atoms with E-state index in [1.165, 1.54) is 0 Å². The predicted octanol–water partition coefficient (Wildman–Crippen LogP) is 3.53. The van der Waals surface area contributed by atoms with Crippen LogP contribution in [0.15, 0.2) is 24.3 Å². The van der Waals surface area contributed by atoms with Crippen LogP contribution in [0.4, 0.5) is 4.79 Å². The highest BCUT2D eigenvalue weighted by Crippen LogP contribution is 2.26. The molecule has 0 aliphatic heterocycles. The summed E-state index contributed by atoms with van der Waals surface area (Å²) in [5.74, 6) is 1.54. The molecule has 0 spiro atoms. The molecule has 1 rings (SSSR count). The number of carbonyl (C=O) groups excluding carboxylic acids is 3. The van der Waals surface area contributed by atoms with Gasteiger partial charge in [0.05, 0.1) is 6.07 Å². The molecule has 0 aliphatic carbocycles. The molecular formula is C26H36N4O4. The second-order valence-corrected chi connectivity index (χ2v) is 9.75. The van der Waals surface area contributed by atoms with Gasteiger partial charge in [0.15, 0.2) is 0 Å². The van der Waals surface area contributed by atoms with E-state index in [0.29, 0.717) is 11.1 Å². The predicted molar refractivity (Wildman–Crippen MR) is 130 cm³/mol. The highest BCUT2D eigenvalue weighted by atomic mass is 16.6. The first kappa shape index (κ1) is 28.5. The molecule has 2 atom stereocenters. The SMILES string of the molecule is C#Cc1ccccc1C(C(=O)NC(C)C)N(CC#N)C(=O)C(CC(C)C)NC(=O)OC(C)(C)C. The minimum Gasteiger partial charge on any atom is -0.444 e. The zero-order valence-corrected chi connectivity index (χ0v) is 21.1. The van der Waals surface area contributed by atoms with Gasteiger partial charge in [-0.1, -0.05) is 38.0 Å². The van der Waals surface area contributed by atoms with Crippen molar-refractivity contribution in [3.8, 4) is 18.4 Å². The van der Waals surface area contributed by atoms with Crippen LogP contribution in [0.25, 0.3) is 0 Å². The number of terminal acetylenes is 1. The lowest BCUT2D eigenvalue weighted by molar-refractivity contribution is -0.142. The Balaban J connectivity index is 3.52. The van der Waals surface area contributed by atoms with Crippen molar-refractivity contribution < 1.29 is 19.1 Å². The summed E-state index contributed by atoms with van der Waals surface area (Å²) in [5.41, 5.74) is 0.0998. The van der Waals surface area contributed by atoms with Crippen LogP contribution in [-0.4, -0.2) is 47.0 Å². The van der Waals surface area contributed by atoms with E-state index >= 15 is 0 Å². The summed E-state index contributed by atoms with van der Waals surface area (Å²) < 4.78 is 5.33. The summed E-state index contributed by atoms with van der Waals surface area (Å²) >= 11 is 0. The Kier molecular flexibility index (Phi) is 10.6. The zero-order valence-electron chi connectivity index (χ0n) is 21.1. The normalized spacial score (nSPS) is 12.8. The maximum absolute atomic E-state index is 13.7. The molecule has 0 radical (unpaired) electrons. The van der Waals surface area contributed by atoms with Gasteiger partial charge in [0.25, 0.3) is 0 Å². The lowest BCUT2D eigenvalue weighted by atomic mass is 9.96. The molecule has 1 aromatic rings. The van der Waals surface area contributed by atoms with E-state index in [1.807, 2.05) is 19.9 Å². The van der Waals surface area contributed by atoms with Gasteiger partial charge in [-0.25, -0.2) is 4.79 Å². The third-order valence-corrected chi connectivity index (χ3v) is 4.62. The summed E-state index contributed by atoms with van der Waals surface area (Å²) in [6, 6.07) is 6.39. The van der Waals surface area contributed by atoms with Crippen LogP contribution in [0.5, 0.6) is 0 Å². The molecule has 0 saturated heterocycles. The Morgan fingerprint density at radius 1 is 1.12 bits per heavy atom. The number of benzene rings is 1. The number of carbonyl (C=O) groups is 3. The summed E-state index contributed by atoms with van der Waals surface area (Å²) in [5, 5.41) is 15.0. The smallest absolute Gasteiger partial charge is 0.408 e. The molecule has 8 heteroatoms. The van der Waals surface area contributed by atoms with Crippen LogP contribution < -0.4 is 10.6 Å². The fraction of sp³-hybridized carbons (Fsp3) is 0.538. The average molecular weight is 469 g/mol. The Bertz CT molecular complexity index is 951. The molecular weight excluding hydrogens is 432 g/mol. The number of nitriles is 1. The second kappa shape index (κ2) is 12.6. The van der Waals surface area contributed by atoms with Crippen LogP contribution in [0.3, 0.4) is 0 Å². The zero-order chi connectivity index (χ0) is 26.1. The van der Waals surface area contributed by atoms with Gasteiger partial charge in [-0.2, -0.15) is 5.26 Å². The van der Waals surface area contributed by atoms with Crippen LogP contribution >= 0.6 is 0 Å². The maximum atomic E-state index is 13.7. The largest absolute Gasteiger partial charge is 0.444 e. The highest BCUT2D eigenvalue weighted by molar-refractivity contribution is 5.92. The van der Waals surface area contributed by atoms with Crippen molar-refractivity contribution in [1.29, 1.82) is 5.26 Å². The fourth-order valence-corrected chi connectivity index (χ4v) is 3.40. The first-order chi connectivity index (χ1) is 15.8. The third-order valence-electron chi connectivity index (χ3n) is 4.62. The summed E-state index contributed by atoms with van der Waals surface area (Å²) in [6.07, 6.45) is 5.20. The van der Waals surface area contributed by atoms with Gasteiger partial charge in [0.1, 0.15) is 24.2 Å². The molecule has 8 nitrogen and oxygen atoms in total. The number of alkyl carbamates (subject to hydrolysis) is 1. The van der Waals surface area contributed by atoms with E-state index in [4.69, 9.17) is 11.2 Å². The van der Waals surface area contributed by atoms with Crippen molar-refractivity contribution in [2.45, 2.75) is 78.6 Å². The third kappa shape index (κ3) is 8.78. The standard InChI is InChI=1S/C26H36N4O4/c1-9-19-12-10-11-13-20(19)22(23(31)28-18(4)5)30(15-14-27)24(32)21(16-17(2)3)29-25(33)34-26(6,7)8/h1,10-13,17-18,21-22H,15-16H2,2-8H3,(H,28,31)(H,29,33). The monoisotopic (exact) mass is 468 g/mol. The van der Waals surface area contributed by atoms with E-state index in [0.717, 1.165) is 4.90 Å².